The van der Waals surface area contributed by atoms with E-state index in [0.717, 1.165) is 16.6 Å². The van der Waals surface area contributed by atoms with Gasteiger partial charge in [0.2, 0.25) is 5.71 Å². The van der Waals surface area contributed by atoms with Crippen LogP contribution in [-0.4, -0.2) is 25.8 Å². The van der Waals surface area contributed by atoms with Crippen LogP contribution in [0.2, 0.25) is 0 Å². The molecule has 1 heterocycles. The van der Waals surface area contributed by atoms with Crippen LogP contribution in [0.5, 0.6) is 0 Å². The fourth-order valence-electron chi connectivity index (χ4n) is 2.81. The van der Waals surface area contributed by atoms with Crippen LogP contribution in [0.1, 0.15) is 43.0 Å². The molecule has 1 atom stereocenters. The summed E-state index contributed by atoms with van der Waals surface area (Å²) in [5.41, 5.74) is 1.90. The summed E-state index contributed by atoms with van der Waals surface area (Å²) >= 11 is -2.01. The quantitative estimate of drug-likeness (QED) is 0.545. The van der Waals surface area contributed by atoms with Crippen LogP contribution in [0.25, 0.3) is 10.9 Å². The highest BCUT2D eigenvalue weighted by Gasteiger charge is 2.43. The van der Waals surface area contributed by atoms with Crippen molar-refractivity contribution in [2.75, 3.05) is 0 Å². The Labute approximate surface area is 149 Å². The first-order valence-electron chi connectivity index (χ1n) is 7.89. The maximum atomic E-state index is 13.8. The zero-order valence-electron chi connectivity index (χ0n) is 15.5. The highest BCUT2D eigenvalue weighted by molar-refractivity contribution is 7.91. The number of aromatic nitrogens is 1. The summed E-state index contributed by atoms with van der Waals surface area (Å²) < 4.78 is 58.4. The van der Waals surface area contributed by atoms with E-state index < -0.39 is 28.0 Å². The summed E-state index contributed by atoms with van der Waals surface area (Å²) in [6.45, 7) is 10.2. The molecule has 138 valence electrons. The number of nitrogens with zero attached hydrogens (tertiary/aromatic N) is 2. The van der Waals surface area contributed by atoms with Gasteiger partial charge in [-0.25, -0.2) is 0 Å². The van der Waals surface area contributed by atoms with Crippen LogP contribution < -0.4 is 0 Å². The van der Waals surface area contributed by atoms with Crippen molar-refractivity contribution >= 4 is 28.0 Å². The number of alkyl halides is 3. The van der Waals surface area contributed by atoms with Gasteiger partial charge in [0.15, 0.2) is 0 Å². The largest absolute Gasteiger partial charge is 0.591 e. The lowest BCUT2D eigenvalue weighted by Crippen LogP contribution is -2.32. The second-order valence-corrected chi connectivity index (χ2v) is 9.14. The van der Waals surface area contributed by atoms with Crippen molar-refractivity contribution in [1.29, 1.82) is 0 Å². The Morgan fingerprint density at radius 3 is 2.12 bits per heavy atom. The second kappa shape index (κ2) is 6.36. The number of aryl methyl sites for hydroxylation is 2. The minimum absolute atomic E-state index is 0.0174. The summed E-state index contributed by atoms with van der Waals surface area (Å²) in [4.78, 5) is 0. The minimum Gasteiger partial charge on any atom is -0.591 e. The molecule has 3 nitrogen and oxygen atoms in total. The molecule has 0 saturated heterocycles. The van der Waals surface area contributed by atoms with Gasteiger partial charge in [-0.1, -0.05) is 4.40 Å². The highest BCUT2D eigenvalue weighted by atomic mass is 32.2. The molecule has 7 heteroatoms. The molecule has 0 radical (unpaired) electrons. The van der Waals surface area contributed by atoms with Crippen molar-refractivity contribution in [3.8, 4) is 0 Å². The highest BCUT2D eigenvalue weighted by Crippen LogP contribution is 2.36. The fourth-order valence-corrected chi connectivity index (χ4v) is 3.45. The van der Waals surface area contributed by atoms with Crippen LogP contribution in [0.15, 0.2) is 16.7 Å². The Morgan fingerprint density at radius 2 is 1.64 bits per heavy atom. The average Bonchev–Trinajstić information content (AvgIpc) is 2.83. The first-order valence-corrected chi connectivity index (χ1v) is 9.00. The third-order valence-electron chi connectivity index (χ3n) is 4.40. The first kappa shape index (κ1) is 19.8. The Morgan fingerprint density at radius 1 is 1.08 bits per heavy atom. The van der Waals surface area contributed by atoms with Gasteiger partial charge < -0.3 is 9.12 Å². The molecule has 0 spiro atoms. The van der Waals surface area contributed by atoms with Gasteiger partial charge in [-0.05, 0) is 64.3 Å². The Hall–Kier alpha value is -1.47. The number of hydrogen-bond acceptors (Lipinski definition) is 2. The van der Waals surface area contributed by atoms with E-state index in [1.807, 2.05) is 6.92 Å². The van der Waals surface area contributed by atoms with E-state index in [4.69, 9.17) is 0 Å². The van der Waals surface area contributed by atoms with Crippen LogP contribution in [0, 0.1) is 20.8 Å². The number of hydrogen-bond donors (Lipinski definition) is 0. The van der Waals surface area contributed by atoms with Gasteiger partial charge in [0.25, 0.3) is 0 Å². The van der Waals surface area contributed by atoms with E-state index in [-0.39, 0.29) is 5.56 Å². The normalized spacial score (nSPS) is 15.1. The molecule has 0 aliphatic rings. The maximum Gasteiger partial charge on any atom is 0.438 e. The van der Waals surface area contributed by atoms with E-state index in [1.165, 1.54) is 0 Å². The number of fused-ring (bicyclic) bond motifs is 1. The Kier molecular flexibility index (Phi) is 5.05. The topological polar surface area (TPSA) is 40.3 Å². The molecule has 0 aliphatic carbocycles. The first-order chi connectivity index (χ1) is 11.3. The van der Waals surface area contributed by atoms with Crippen LogP contribution >= 0.6 is 0 Å². The van der Waals surface area contributed by atoms with Crippen molar-refractivity contribution in [3.05, 3.63) is 34.5 Å². The van der Waals surface area contributed by atoms with E-state index >= 15 is 0 Å². The fraction of sp³-hybridized carbons (Fsp3) is 0.500. The third kappa shape index (κ3) is 3.58. The van der Waals surface area contributed by atoms with Gasteiger partial charge in [0.1, 0.15) is 16.1 Å². The SMILES string of the molecule is Cc1c(C)c(C)c2c(ccn2C)c1/C(=N/[S+]([O-])C(C)(C)C)C(F)(F)F. The van der Waals surface area contributed by atoms with Crippen LogP contribution in [-0.2, 0) is 18.4 Å². The smallest absolute Gasteiger partial charge is 0.438 e. The predicted molar refractivity (Wildman–Crippen MR) is 97.6 cm³/mol. The van der Waals surface area contributed by atoms with Gasteiger partial charge in [-0.15, -0.1) is 0 Å². The monoisotopic (exact) mass is 372 g/mol. The van der Waals surface area contributed by atoms with E-state index in [9.17, 15) is 17.7 Å². The maximum absolute atomic E-state index is 13.8. The molecule has 25 heavy (non-hydrogen) atoms. The van der Waals surface area contributed by atoms with Gasteiger partial charge in [0.05, 0.1) is 5.52 Å². The standard InChI is InChI=1S/C18H23F3N2OS/c1-10-11(2)14(13-8-9-23(7)15(13)12(10)3)16(18(19,20)21)22-25(24)17(4,5)6/h8-9H,1-7H3/b22-16-. The van der Waals surface area contributed by atoms with Gasteiger partial charge in [0, 0.05) is 24.2 Å². The molecule has 0 N–H and O–H groups in total. The van der Waals surface area contributed by atoms with E-state index in [0.29, 0.717) is 10.9 Å². The summed E-state index contributed by atoms with van der Waals surface area (Å²) in [5.74, 6) is 0. The lowest BCUT2D eigenvalue weighted by atomic mass is 9.92. The average molecular weight is 372 g/mol. The van der Waals surface area contributed by atoms with Crippen molar-refractivity contribution < 1.29 is 17.7 Å². The summed E-state index contributed by atoms with van der Waals surface area (Å²) in [5, 5.41) is 0.477. The Balaban J connectivity index is 2.91. The van der Waals surface area contributed by atoms with Crippen LogP contribution in [0.4, 0.5) is 13.2 Å². The van der Waals surface area contributed by atoms with Crippen LogP contribution in [0.3, 0.4) is 0 Å². The molecule has 0 aliphatic heterocycles. The molecule has 0 amide bonds. The van der Waals surface area contributed by atoms with E-state index in [1.54, 1.807) is 58.5 Å². The van der Waals surface area contributed by atoms with Crippen molar-refractivity contribution in [3.63, 3.8) is 0 Å². The lowest BCUT2D eigenvalue weighted by molar-refractivity contribution is -0.0578. The molecule has 0 bridgehead atoms. The molecular weight excluding hydrogens is 349 g/mol. The second-order valence-electron chi connectivity index (χ2n) is 7.24. The summed E-state index contributed by atoms with van der Waals surface area (Å²) in [7, 11) is 1.80. The van der Waals surface area contributed by atoms with Crippen molar-refractivity contribution in [2.45, 2.75) is 52.5 Å². The zero-order chi connectivity index (χ0) is 19.3. The molecular formula is C18H23F3N2OS. The number of benzene rings is 1. The predicted octanol–water partition coefficient (Wildman–Crippen LogP) is 4.92. The minimum atomic E-state index is -4.70. The molecule has 0 fully saturated rings. The van der Waals surface area contributed by atoms with Crippen molar-refractivity contribution in [1.82, 2.24) is 4.57 Å². The van der Waals surface area contributed by atoms with Gasteiger partial charge in [-0.2, -0.15) is 13.2 Å². The zero-order valence-corrected chi connectivity index (χ0v) is 16.3. The number of halogens is 3. The molecule has 1 aromatic carbocycles. The summed E-state index contributed by atoms with van der Waals surface area (Å²) in [6.07, 6.45) is -2.97. The van der Waals surface area contributed by atoms with Gasteiger partial charge >= 0.3 is 6.18 Å². The molecule has 0 saturated carbocycles. The van der Waals surface area contributed by atoms with Gasteiger partial charge in [-0.3, -0.25) is 0 Å². The molecule has 1 aromatic heterocycles. The van der Waals surface area contributed by atoms with Crippen molar-refractivity contribution in [2.24, 2.45) is 11.4 Å². The lowest BCUT2D eigenvalue weighted by Gasteiger charge is -2.22. The Bertz CT molecular complexity index is 845. The third-order valence-corrected chi connectivity index (χ3v) is 5.80. The molecule has 2 aromatic rings. The number of rotatable bonds is 2. The summed E-state index contributed by atoms with van der Waals surface area (Å²) in [6, 6.07) is 1.66. The molecule has 2 rings (SSSR count). The van der Waals surface area contributed by atoms with E-state index in [2.05, 4.69) is 4.40 Å². The molecule has 1 unspecified atom stereocenters.